The third-order valence-electron chi connectivity index (χ3n) is 4.34. The Balaban J connectivity index is 1.90. The van der Waals surface area contributed by atoms with Crippen molar-refractivity contribution in [1.82, 2.24) is 0 Å². The Hall–Kier alpha value is -2.20. The highest BCUT2D eigenvalue weighted by Crippen LogP contribution is 2.36. The van der Waals surface area contributed by atoms with Crippen LogP contribution >= 0.6 is 11.6 Å². The molecule has 2 aromatic carbocycles. The molecular weight excluding hydrogens is 326 g/mol. The quantitative estimate of drug-likeness (QED) is 0.888. The molecular formula is C19H20ClNO3. The van der Waals surface area contributed by atoms with Crippen LogP contribution in [0.5, 0.6) is 11.5 Å². The monoisotopic (exact) mass is 345 g/mol. The summed E-state index contributed by atoms with van der Waals surface area (Å²) >= 11 is 6.19. The van der Waals surface area contributed by atoms with E-state index in [0.717, 1.165) is 24.9 Å². The van der Waals surface area contributed by atoms with E-state index in [4.69, 9.17) is 21.1 Å². The first-order valence-electron chi connectivity index (χ1n) is 7.97. The summed E-state index contributed by atoms with van der Waals surface area (Å²) in [5.74, 6) is 0.648. The molecule has 0 bridgehead atoms. The van der Waals surface area contributed by atoms with Crippen LogP contribution < -0.4 is 14.8 Å². The van der Waals surface area contributed by atoms with E-state index in [0.29, 0.717) is 22.1 Å². The number of carbonyl (C=O) groups is 1. The fourth-order valence-electron chi connectivity index (χ4n) is 3.14. The molecule has 1 amide bonds. The first-order chi connectivity index (χ1) is 11.6. The molecule has 0 fully saturated rings. The molecule has 0 heterocycles. The van der Waals surface area contributed by atoms with Gasteiger partial charge in [-0.15, -0.1) is 0 Å². The van der Waals surface area contributed by atoms with Crippen LogP contribution in [0.1, 0.15) is 34.3 Å². The van der Waals surface area contributed by atoms with Gasteiger partial charge in [-0.3, -0.25) is 4.79 Å². The second-order valence-corrected chi connectivity index (χ2v) is 6.21. The number of fused-ring (bicyclic) bond motifs is 1. The Morgan fingerprint density at radius 1 is 1.12 bits per heavy atom. The van der Waals surface area contributed by atoms with Crippen molar-refractivity contribution in [2.45, 2.75) is 25.7 Å². The van der Waals surface area contributed by atoms with Gasteiger partial charge >= 0.3 is 0 Å². The fraction of sp³-hybridized carbons (Fsp3) is 0.316. The van der Waals surface area contributed by atoms with Crippen LogP contribution in [-0.4, -0.2) is 20.1 Å². The average Bonchev–Trinajstić information content (AvgIpc) is 2.61. The van der Waals surface area contributed by atoms with Crippen molar-refractivity contribution in [2.24, 2.45) is 0 Å². The Labute approximate surface area is 146 Å². The molecule has 0 saturated carbocycles. The Bertz CT molecular complexity index is 773. The zero-order chi connectivity index (χ0) is 17.1. The van der Waals surface area contributed by atoms with E-state index < -0.39 is 0 Å². The van der Waals surface area contributed by atoms with E-state index >= 15 is 0 Å². The summed E-state index contributed by atoms with van der Waals surface area (Å²) in [7, 11) is 3.03. The number of nitrogens with one attached hydrogen (secondary N) is 1. The van der Waals surface area contributed by atoms with Crippen LogP contribution in [0.15, 0.2) is 30.3 Å². The molecule has 4 nitrogen and oxygen atoms in total. The molecule has 1 N–H and O–H groups in total. The molecule has 0 aliphatic heterocycles. The van der Waals surface area contributed by atoms with Gasteiger partial charge in [-0.25, -0.2) is 0 Å². The highest BCUT2D eigenvalue weighted by atomic mass is 35.5. The maximum absolute atomic E-state index is 12.7. The predicted octanol–water partition coefficient (Wildman–Crippen LogP) is 4.49. The first kappa shape index (κ1) is 16.7. The van der Waals surface area contributed by atoms with Crippen molar-refractivity contribution in [2.75, 3.05) is 19.5 Å². The van der Waals surface area contributed by atoms with Gasteiger partial charge in [0.05, 0.1) is 19.2 Å². The van der Waals surface area contributed by atoms with Crippen molar-refractivity contribution in [3.8, 4) is 11.5 Å². The van der Waals surface area contributed by atoms with E-state index in [2.05, 4.69) is 11.4 Å². The van der Waals surface area contributed by atoms with Crippen molar-refractivity contribution < 1.29 is 14.3 Å². The van der Waals surface area contributed by atoms with E-state index in [1.165, 1.54) is 31.8 Å². The number of benzene rings is 2. The van der Waals surface area contributed by atoms with Crippen molar-refractivity contribution in [3.05, 3.63) is 52.0 Å². The van der Waals surface area contributed by atoms with Gasteiger partial charge in [0, 0.05) is 11.3 Å². The average molecular weight is 346 g/mol. The third-order valence-corrected chi connectivity index (χ3v) is 4.62. The lowest BCUT2D eigenvalue weighted by Crippen LogP contribution is -2.15. The summed E-state index contributed by atoms with van der Waals surface area (Å²) in [4.78, 5) is 12.7. The van der Waals surface area contributed by atoms with Crippen molar-refractivity contribution >= 4 is 23.2 Å². The van der Waals surface area contributed by atoms with Gasteiger partial charge in [-0.2, -0.15) is 0 Å². The molecule has 0 spiro atoms. The smallest absolute Gasteiger partial charge is 0.255 e. The Morgan fingerprint density at radius 3 is 2.67 bits per heavy atom. The van der Waals surface area contributed by atoms with Gasteiger partial charge in [-0.1, -0.05) is 23.7 Å². The van der Waals surface area contributed by atoms with E-state index in [9.17, 15) is 4.79 Å². The van der Waals surface area contributed by atoms with Crippen molar-refractivity contribution in [3.63, 3.8) is 0 Å². The van der Waals surface area contributed by atoms with Gasteiger partial charge < -0.3 is 14.8 Å². The number of ether oxygens (including phenoxy) is 2. The minimum absolute atomic E-state index is 0.211. The third kappa shape index (κ3) is 3.20. The molecule has 1 aliphatic carbocycles. The number of anilines is 1. The minimum Gasteiger partial charge on any atom is -0.493 e. The highest BCUT2D eigenvalue weighted by Gasteiger charge is 2.18. The van der Waals surface area contributed by atoms with Gasteiger partial charge in [0.15, 0.2) is 11.5 Å². The number of aryl methyl sites for hydroxylation is 1. The number of rotatable bonds is 4. The van der Waals surface area contributed by atoms with E-state index in [1.807, 2.05) is 12.1 Å². The Morgan fingerprint density at radius 2 is 1.92 bits per heavy atom. The number of amides is 1. The van der Waals surface area contributed by atoms with E-state index in [-0.39, 0.29) is 5.91 Å². The molecule has 0 radical (unpaired) electrons. The Kier molecular flexibility index (Phi) is 4.95. The van der Waals surface area contributed by atoms with Crippen LogP contribution in [0.25, 0.3) is 0 Å². The molecule has 3 rings (SSSR count). The zero-order valence-electron chi connectivity index (χ0n) is 13.8. The lowest BCUT2D eigenvalue weighted by molar-refractivity contribution is 0.102. The summed E-state index contributed by atoms with van der Waals surface area (Å²) in [5.41, 5.74) is 3.88. The van der Waals surface area contributed by atoms with Crippen LogP contribution in [0.3, 0.4) is 0 Å². The molecule has 0 aromatic heterocycles. The summed E-state index contributed by atoms with van der Waals surface area (Å²) < 4.78 is 10.5. The number of hydrogen-bond donors (Lipinski definition) is 1. The largest absolute Gasteiger partial charge is 0.493 e. The second kappa shape index (κ2) is 7.14. The van der Waals surface area contributed by atoms with Crippen LogP contribution in [0.4, 0.5) is 5.69 Å². The summed E-state index contributed by atoms with van der Waals surface area (Å²) in [5, 5.41) is 3.35. The van der Waals surface area contributed by atoms with Crippen LogP contribution in [-0.2, 0) is 12.8 Å². The molecule has 1 aliphatic rings. The fourth-order valence-corrected chi connectivity index (χ4v) is 3.43. The molecule has 0 atom stereocenters. The molecule has 126 valence electrons. The van der Waals surface area contributed by atoms with Gasteiger partial charge in [0.25, 0.3) is 5.91 Å². The molecule has 2 aromatic rings. The van der Waals surface area contributed by atoms with Gasteiger partial charge in [0.1, 0.15) is 0 Å². The zero-order valence-corrected chi connectivity index (χ0v) is 14.6. The standard InChI is InChI=1S/C19H20ClNO3/c1-23-17-11-13(10-15(20)18(17)24-2)19(22)21-16-9-5-7-12-6-3-4-8-14(12)16/h5,7,9-11H,3-4,6,8H2,1-2H3,(H,21,22). The number of methoxy groups -OCH3 is 2. The molecule has 5 heteroatoms. The first-order valence-corrected chi connectivity index (χ1v) is 8.35. The minimum atomic E-state index is -0.211. The van der Waals surface area contributed by atoms with Crippen LogP contribution in [0, 0.1) is 0 Å². The maximum Gasteiger partial charge on any atom is 0.255 e. The maximum atomic E-state index is 12.7. The molecule has 24 heavy (non-hydrogen) atoms. The summed E-state index contributed by atoms with van der Waals surface area (Å²) in [6.07, 6.45) is 4.43. The predicted molar refractivity (Wildman–Crippen MR) is 95.6 cm³/mol. The van der Waals surface area contributed by atoms with Gasteiger partial charge in [0.2, 0.25) is 0 Å². The highest BCUT2D eigenvalue weighted by molar-refractivity contribution is 6.32. The second-order valence-electron chi connectivity index (χ2n) is 5.80. The number of carbonyl (C=O) groups excluding carboxylic acids is 1. The molecule has 0 unspecified atom stereocenters. The lowest BCUT2D eigenvalue weighted by Gasteiger charge is -2.20. The molecule has 0 saturated heterocycles. The van der Waals surface area contributed by atoms with Gasteiger partial charge in [-0.05, 0) is 55.0 Å². The van der Waals surface area contributed by atoms with Crippen LogP contribution in [0.2, 0.25) is 5.02 Å². The number of halogens is 1. The number of hydrogen-bond acceptors (Lipinski definition) is 3. The van der Waals surface area contributed by atoms with E-state index in [1.54, 1.807) is 12.1 Å². The summed E-state index contributed by atoms with van der Waals surface area (Å²) in [6, 6.07) is 9.30. The SMILES string of the molecule is COc1cc(C(=O)Nc2cccc3c2CCCC3)cc(Cl)c1OC. The topological polar surface area (TPSA) is 47.6 Å². The van der Waals surface area contributed by atoms with Crippen molar-refractivity contribution in [1.29, 1.82) is 0 Å². The summed E-state index contributed by atoms with van der Waals surface area (Å²) in [6.45, 7) is 0. The lowest BCUT2D eigenvalue weighted by atomic mass is 9.90. The normalized spacial score (nSPS) is 13.1.